The molecule has 5 nitrogen and oxygen atoms in total. The summed E-state index contributed by atoms with van der Waals surface area (Å²) in [6, 6.07) is 4.91. The van der Waals surface area contributed by atoms with Gasteiger partial charge in [-0.1, -0.05) is 0 Å². The average molecular weight is 232 g/mol. The number of hydrogen-bond acceptors (Lipinski definition) is 4. The smallest absolute Gasteiger partial charge is 0.237 e. The number of amides is 2. The summed E-state index contributed by atoms with van der Waals surface area (Å²) in [6.45, 7) is 0. The van der Waals surface area contributed by atoms with Gasteiger partial charge in [0.25, 0.3) is 0 Å². The number of methoxy groups -OCH3 is 1. The number of hydrogen-bond donors (Lipinski definition) is 1. The fourth-order valence-electron chi connectivity index (χ4n) is 2.30. The number of benzene rings is 1. The highest BCUT2D eigenvalue weighted by Gasteiger charge is 2.59. The van der Waals surface area contributed by atoms with E-state index in [1.165, 1.54) is 12.0 Å². The van der Waals surface area contributed by atoms with E-state index in [-0.39, 0.29) is 23.7 Å². The third kappa shape index (κ3) is 1.32. The molecule has 1 saturated heterocycles. The van der Waals surface area contributed by atoms with Gasteiger partial charge in [0.2, 0.25) is 11.8 Å². The van der Waals surface area contributed by atoms with Crippen molar-refractivity contribution in [1.82, 2.24) is 0 Å². The zero-order valence-electron chi connectivity index (χ0n) is 9.34. The first-order valence-electron chi connectivity index (χ1n) is 5.45. The van der Waals surface area contributed by atoms with E-state index in [1.54, 1.807) is 18.2 Å². The number of carbonyl (C=O) groups is 2. The molecule has 17 heavy (non-hydrogen) atoms. The molecule has 1 aliphatic heterocycles. The number of ether oxygens (including phenoxy) is 1. The molecule has 0 radical (unpaired) electrons. The Kier molecular flexibility index (Phi) is 1.92. The molecule has 3 rings (SSSR count). The molecule has 2 unspecified atom stereocenters. The molecule has 2 aliphatic rings. The highest BCUT2D eigenvalue weighted by molar-refractivity contribution is 6.25. The summed E-state index contributed by atoms with van der Waals surface area (Å²) in [4.78, 5) is 25.1. The van der Waals surface area contributed by atoms with Crippen LogP contribution in [0.4, 0.5) is 11.4 Å². The van der Waals surface area contributed by atoms with E-state index in [1.807, 2.05) is 0 Å². The molecule has 5 heteroatoms. The van der Waals surface area contributed by atoms with Gasteiger partial charge < -0.3 is 10.5 Å². The van der Waals surface area contributed by atoms with Crippen molar-refractivity contribution in [1.29, 1.82) is 0 Å². The molecule has 1 heterocycles. The standard InChI is InChI=1S/C12H12N2O3/c1-17-10-4-6(13)2-3-9(10)14-11(15)7-5-8(7)12(14)16/h2-4,7-8H,5,13H2,1H3. The van der Waals surface area contributed by atoms with Gasteiger partial charge in [-0.15, -0.1) is 0 Å². The monoisotopic (exact) mass is 232 g/mol. The summed E-state index contributed by atoms with van der Waals surface area (Å²) in [5.41, 5.74) is 6.67. The molecule has 2 fully saturated rings. The topological polar surface area (TPSA) is 72.6 Å². The maximum atomic E-state index is 11.9. The van der Waals surface area contributed by atoms with Gasteiger partial charge in [0.1, 0.15) is 5.75 Å². The minimum Gasteiger partial charge on any atom is -0.494 e. The maximum absolute atomic E-state index is 11.9. The number of nitrogens with two attached hydrogens (primary N) is 1. The van der Waals surface area contributed by atoms with Crippen LogP contribution in [0, 0.1) is 11.8 Å². The van der Waals surface area contributed by atoms with Crippen LogP contribution in [-0.2, 0) is 9.59 Å². The summed E-state index contributed by atoms with van der Waals surface area (Å²) < 4.78 is 5.16. The summed E-state index contributed by atoms with van der Waals surface area (Å²) in [5.74, 6) is -0.00587. The number of nitrogen functional groups attached to an aromatic ring is 1. The van der Waals surface area contributed by atoms with Crippen LogP contribution in [0.15, 0.2) is 18.2 Å². The lowest BCUT2D eigenvalue weighted by atomic mass is 10.2. The molecule has 2 atom stereocenters. The lowest BCUT2D eigenvalue weighted by molar-refractivity contribution is -0.123. The zero-order chi connectivity index (χ0) is 12.2. The van der Waals surface area contributed by atoms with Gasteiger partial charge in [-0.3, -0.25) is 9.59 Å². The Bertz CT molecular complexity index is 506. The van der Waals surface area contributed by atoms with Gasteiger partial charge in [-0.2, -0.15) is 0 Å². The third-order valence-electron chi connectivity index (χ3n) is 3.31. The van der Waals surface area contributed by atoms with Crippen LogP contribution in [0.5, 0.6) is 5.75 Å². The van der Waals surface area contributed by atoms with Gasteiger partial charge in [-0.05, 0) is 18.6 Å². The van der Waals surface area contributed by atoms with E-state index in [9.17, 15) is 9.59 Å². The molecule has 0 bridgehead atoms. The number of fused-ring (bicyclic) bond motifs is 1. The molecule has 0 spiro atoms. The van der Waals surface area contributed by atoms with E-state index in [0.717, 1.165) is 0 Å². The zero-order valence-corrected chi connectivity index (χ0v) is 9.34. The van der Waals surface area contributed by atoms with Crippen LogP contribution in [0.3, 0.4) is 0 Å². The average Bonchev–Trinajstić information content (AvgIpc) is 3.06. The number of anilines is 2. The van der Waals surface area contributed by atoms with Gasteiger partial charge in [0, 0.05) is 11.8 Å². The fraction of sp³-hybridized carbons (Fsp3) is 0.333. The van der Waals surface area contributed by atoms with Gasteiger partial charge in [0.15, 0.2) is 0 Å². The lowest BCUT2D eigenvalue weighted by Gasteiger charge is -2.19. The number of carbonyl (C=O) groups excluding carboxylic acids is 2. The summed E-state index contributed by atoms with van der Waals surface area (Å²) in [7, 11) is 1.49. The summed E-state index contributed by atoms with van der Waals surface area (Å²) >= 11 is 0. The molecule has 2 amide bonds. The second kappa shape index (κ2) is 3.23. The SMILES string of the molecule is COc1cc(N)ccc1N1C(=O)C2CC2C1=O. The molecule has 1 saturated carbocycles. The Morgan fingerprint density at radius 1 is 1.29 bits per heavy atom. The first kappa shape index (κ1) is 10.1. The second-order valence-corrected chi connectivity index (χ2v) is 4.39. The quantitative estimate of drug-likeness (QED) is 0.604. The molecule has 1 aromatic rings. The fourth-order valence-corrected chi connectivity index (χ4v) is 2.30. The highest BCUT2D eigenvalue weighted by Crippen LogP contribution is 2.49. The molecular formula is C12H12N2O3. The van der Waals surface area contributed by atoms with Crippen LogP contribution in [0.1, 0.15) is 6.42 Å². The Labute approximate surface area is 98.1 Å². The first-order chi connectivity index (χ1) is 8.13. The van der Waals surface area contributed by atoms with E-state index in [4.69, 9.17) is 10.5 Å². The number of imide groups is 1. The molecule has 1 aromatic carbocycles. The minimum absolute atomic E-state index is 0.107. The minimum atomic E-state index is -0.122. The number of rotatable bonds is 2. The van der Waals surface area contributed by atoms with Crippen LogP contribution >= 0.6 is 0 Å². The first-order valence-corrected chi connectivity index (χ1v) is 5.45. The lowest BCUT2D eigenvalue weighted by Crippen LogP contribution is -2.33. The van der Waals surface area contributed by atoms with Crippen LogP contribution < -0.4 is 15.4 Å². The van der Waals surface area contributed by atoms with E-state index in [2.05, 4.69) is 0 Å². The van der Waals surface area contributed by atoms with Gasteiger partial charge in [0.05, 0.1) is 24.6 Å². The van der Waals surface area contributed by atoms with E-state index >= 15 is 0 Å². The number of nitrogens with zero attached hydrogens (tertiary/aromatic N) is 1. The van der Waals surface area contributed by atoms with E-state index < -0.39 is 0 Å². The van der Waals surface area contributed by atoms with Crippen molar-refractivity contribution in [3.05, 3.63) is 18.2 Å². The van der Waals surface area contributed by atoms with Crippen LogP contribution in [0.2, 0.25) is 0 Å². The van der Waals surface area contributed by atoms with Crippen molar-refractivity contribution in [3.63, 3.8) is 0 Å². The van der Waals surface area contributed by atoms with Crippen LogP contribution in [0.25, 0.3) is 0 Å². The predicted molar refractivity (Wildman–Crippen MR) is 61.5 cm³/mol. The Balaban J connectivity index is 2.04. The van der Waals surface area contributed by atoms with Crippen molar-refractivity contribution in [2.24, 2.45) is 11.8 Å². The normalized spacial score (nSPS) is 26.1. The van der Waals surface area contributed by atoms with Crippen molar-refractivity contribution in [3.8, 4) is 5.75 Å². The van der Waals surface area contributed by atoms with Crippen molar-refractivity contribution in [2.45, 2.75) is 6.42 Å². The second-order valence-electron chi connectivity index (χ2n) is 4.39. The maximum Gasteiger partial charge on any atom is 0.237 e. The molecule has 1 aliphatic carbocycles. The largest absolute Gasteiger partial charge is 0.494 e. The number of piperidine rings is 1. The van der Waals surface area contributed by atoms with Crippen LogP contribution in [-0.4, -0.2) is 18.9 Å². The highest BCUT2D eigenvalue weighted by atomic mass is 16.5. The Hall–Kier alpha value is -2.04. The van der Waals surface area contributed by atoms with Gasteiger partial charge >= 0.3 is 0 Å². The predicted octanol–water partition coefficient (Wildman–Crippen LogP) is 0.787. The van der Waals surface area contributed by atoms with Crippen molar-refractivity contribution in [2.75, 3.05) is 17.7 Å². The molecule has 2 N–H and O–H groups in total. The summed E-state index contributed by atoms with van der Waals surface area (Å²) in [5, 5.41) is 0. The van der Waals surface area contributed by atoms with Gasteiger partial charge in [-0.25, -0.2) is 4.90 Å². The molecule has 0 aromatic heterocycles. The molecule has 88 valence electrons. The molecular weight excluding hydrogens is 220 g/mol. The van der Waals surface area contributed by atoms with Crippen molar-refractivity contribution >= 4 is 23.2 Å². The Morgan fingerprint density at radius 3 is 2.53 bits per heavy atom. The third-order valence-corrected chi connectivity index (χ3v) is 3.31. The summed E-state index contributed by atoms with van der Waals surface area (Å²) in [6.07, 6.45) is 0.700. The van der Waals surface area contributed by atoms with E-state index in [0.29, 0.717) is 23.5 Å². The Morgan fingerprint density at radius 2 is 1.94 bits per heavy atom. The van der Waals surface area contributed by atoms with Crippen molar-refractivity contribution < 1.29 is 14.3 Å².